The van der Waals surface area contributed by atoms with E-state index in [2.05, 4.69) is 0 Å². The van der Waals surface area contributed by atoms with Gasteiger partial charge in [0.1, 0.15) is 0 Å². The Morgan fingerprint density at radius 1 is 0.182 bits per heavy atom. The number of hydrogen-bond acceptors (Lipinski definition) is 25. The molecule has 0 amide bonds. The molecule has 0 aromatic rings. The third-order valence-electron chi connectivity index (χ3n) is 9.45. The maximum atomic E-state index is 10.9. The summed E-state index contributed by atoms with van der Waals surface area (Å²) in [6.07, 6.45) is 0. The molecule has 0 heterocycles. The minimum absolute atomic E-state index is 0. The quantitative estimate of drug-likeness (QED) is 0.102. The number of Topliss-reactive ketones (excluding diaryl/α,β-unsaturated/α-hetero) is 15. The van der Waals surface area contributed by atoms with Crippen LogP contribution in [0.1, 0.15) is 104 Å². The summed E-state index contributed by atoms with van der Waals surface area (Å²) in [6, 6.07) is 0. The molecule has 0 atom stereocenters. The number of carboxylic acids is 5. The number of hydrogen-bond donors (Lipinski definition) is 0. The van der Waals surface area contributed by atoms with E-state index in [-0.39, 0.29) is 18.6 Å². The molecule has 0 aliphatic rings. The van der Waals surface area contributed by atoms with Crippen molar-refractivity contribution in [3.8, 4) is 0 Å². The van der Waals surface area contributed by atoms with Gasteiger partial charge in [-0.15, -0.1) is 0 Å². The Hall–Kier alpha value is -7.02. The SMILES string of the molecule is CC(=O)C(C(C)=O)(C(C)=O)C(=O)[O-].CC(=O)C(C(C)=O)(C(C)=O)C(=O)[O-].CC(=O)C(C(C)=O)(C(C)=O)C(=O)[O-].CC(=O)C(C(C)=O)(C(C)=O)C(=O)[O-].CC(=O)C(C(C)=O)(C(C)=O)C(=O)[O-].[V+5]. The van der Waals surface area contributed by atoms with E-state index in [0.29, 0.717) is 0 Å². The molecule has 0 saturated carbocycles. The molecule has 0 rings (SSSR count). The van der Waals surface area contributed by atoms with Crippen molar-refractivity contribution in [1.29, 1.82) is 0 Å². The number of aliphatic carboxylic acids is 5. The Labute approximate surface area is 386 Å². The van der Waals surface area contributed by atoms with Crippen molar-refractivity contribution in [3.63, 3.8) is 0 Å². The molecule has 0 fully saturated rings. The zero-order valence-corrected chi connectivity index (χ0v) is 39.6. The molecule has 66 heavy (non-hydrogen) atoms. The van der Waals surface area contributed by atoms with Crippen LogP contribution >= 0.6 is 0 Å². The van der Waals surface area contributed by atoms with Gasteiger partial charge in [0.05, 0.1) is 29.8 Å². The average molecular weight is 977 g/mol. The average Bonchev–Trinajstić information content (AvgIpc) is 3.03. The first-order chi connectivity index (χ1) is 28.9. The first-order valence-corrected chi connectivity index (χ1v) is 17.6. The first-order valence-electron chi connectivity index (χ1n) is 17.6. The third kappa shape index (κ3) is 14.0. The number of carbonyl (C=O) groups is 20. The molecule has 0 N–H and O–H groups in total. The van der Waals surface area contributed by atoms with E-state index in [0.717, 1.165) is 104 Å². The molecule has 0 aliphatic carbocycles. The van der Waals surface area contributed by atoms with Gasteiger partial charge in [0.25, 0.3) is 0 Å². The second-order valence-electron chi connectivity index (χ2n) is 13.5. The van der Waals surface area contributed by atoms with E-state index in [9.17, 15) is 121 Å². The van der Waals surface area contributed by atoms with Crippen LogP contribution in [0.5, 0.6) is 0 Å². The van der Waals surface area contributed by atoms with Crippen molar-refractivity contribution in [2.24, 2.45) is 27.1 Å². The van der Waals surface area contributed by atoms with Gasteiger partial charge >= 0.3 is 18.6 Å². The standard InChI is InChI=1S/5C8H10O5.V/c5*1-4(9)8(5(2)10,6(3)11)7(12)13;/h5*1-3H3,(H,12,13);/q;;;;;+5/p-5. The number of rotatable bonds is 20. The van der Waals surface area contributed by atoms with Gasteiger partial charge in [-0.3, -0.25) is 71.9 Å². The zero-order chi connectivity index (χ0) is 54.0. The fourth-order valence-electron chi connectivity index (χ4n) is 5.87. The van der Waals surface area contributed by atoms with Crippen LogP contribution in [0.15, 0.2) is 0 Å². The summed E-state index contributed by atoms with van der Waals surface area (Å²) in [5.41, 5.74) is -13.1. The molecular weight excluding hydrogens is 931 g/mol. The summed E-state index contributed by atoms with van der Waals surface area (Å²) in [4.78, 5) is 217. The second-order valence-corrected chi connectivity index (χ2v) is 13.5. The predicted octanol–water partition coefficient (Wildman–Crippen LogP) is -7.55. The molecule has 0 unspecified atom stereocenters. The van der Waals surface area contributed by atoms with Crippen molar-refractivity contribution < 1.29 is 140 Å². The van der Waals surface area contributed by atoms with Gasteiger partial charge in [-0.05, 0) is 104 Å². The molecule has 0 bridgehead atoms. The Morgan fingerprint density at radius 2 is 0.227 bits per heavy atom. The molecule has 0 spiro atoms. The van der Waals surface area contributed by atoms with Gasteiger partial charge in [0.15, 0.2) is 114 Å². The largest absolute Gasteiger partial charge is 5.00 e. The summed E-state index contributed by atoms with van der Waals surface area (Å²) < 4.78 is 0. The van der Waals surface area contributed by atoms with Crippen LogP contribution in [-0.4, -0.2) is 117 Å². The Morgan fingerprint density at radius 3 is 0.227 bits per heavy atom. The minimum Gasteiger partial charge on any atom is -0.548 e. The van der Waals surface area contributed by atoms with Crippen LogP contribution in [-0.2, 0) is 114 Å². The molecule has 0 aliphatic heterocycles. The number of ketones is 15. The second kappa shape index (κ2) is 27.3. The molecule has 360 valence electrons. The van der Waals surface area contributed by atoms with Gasteiger partial charge in [0.2, 0.25) is 0 Å². The van der Waals surface area contributed by atoms with Crippen molar-refractivity contribution in [1.82, 2.24) is 0 Å². The van der Waals surface area contributed by atoms with Crippen molar-refractivity contribution in [2.45, 2.75) is 104 Å². The molecule has 0 aromatic heterocycles. The Balaban J connectivity index is -0.000000170. The molecule has 26 heteroatoms. The van der Waals surface area contributed by atoms with Crippen LogP contribution in [0.25, 0.3) is 0 Å². The van der Waals surface area contributed by atoms with Crippen LogP contribution < -0.4 is 25.5 Å². The summed E-state index contributed by atoms with van der Waals surface area (Å²) in [7, 11) is 0. The van der Waals surface area contributed by atoms with Gasteiger partial charge in [-0.1, -0.05) is 0 Å². The van der Waals surface area contributed by atoms with E-state index in [1.54, 1.807) is 0 Å². The van der Waals surface area contributed by atoms with Crippen LogP contribution in [0.4, 0.5) is 0 Å². The van der Waals surface area contributed by atoms with Crippen molar-refractivity contribution >= 4 is 117 Å². The monoisotopic (exact) mass is 976 g/mol. The van der Waals surface area contributed by atoms with Gasteiger partial charge in [0, 0.05) is 0 Å². The summed E-state index contributed by atoms with van der Waals surface area (Å²) in [5.74, 6) is -25.1. The molecular formula is C40H45O25V. The first kappa shape index (κ1) is 70.6. The summed E-state index contributed by atoms with van der Waals surface area (Å²) in [6.45, 7) is 13.1. The molecule has 25 nitrogen and oxygen atoms in total. The predicted molar refractivity (Wildman–Crippen MR) is 197 cm³/mol. The maximum Gasteiger partial charge on any atom is 5.00 e. The Kier molecular flexibility index (Phi) is 29.3. The van der Waals surface area contributed by atoms with Crippen LogP contribution in [0.2, 0.25) is 0 Å². The normalized spacial score (nSPS) is 10.5. The summed E-state index contributed by atoms with van der Waals surface area (Å²) >= 11 is 0. The summed E-state index contributed by atoms with van der Waals surface area (Å²) in [5, 5.41) is 52.9. The topological polar surface area (TPSA) is 457 Å². The fourth-order valence-corrected chi connectivity index (χ4v) is 5.87. The minimum atomic E-state index is -2.61. The van der Waals surface area contributed by atoms with Crippen LogP contribution in [0, 0.1) is 27.1 Å². The zero-order valence-electron chi connectivity index (χ0n) is 38.2. The number of carboxylic acid groups (broad SMARTS) is 5. The van der Waals surface area contributed by atoms with E-state index in [1.807, 2.05) is 0 Å². The van der Waals surface area contributed by atoms with Gasteiger partial charge in [-0.25, -0.2) is 0 Å². The third-order valence-corrected chi connectivity index (χ3v) is 9.45. The molecule has 0 aromatic carbocycles. The fraction of sp³-hybridized carbons (Fsp3) is 0.500. The van der Waals surface area contributed by atoms with E-state index >= 15 is 0 Å². The maximum absolute atomic E-state index is 10.9. The molecule has 0 saturated heterocycles. The van der Waals surface area contributed by atoms with Gasteiger partial charge < -0.3 is 49.5 Å². The van der Waals surface area contributed by atoms with Crippen LogP contribution in [0.3, 0.4) is 0 Å². The van der Waals surface area contributed by atoms with E-state index in [1.165, 1.54) is 0 Å². The van der Waals surface area contributed by atoms with Crippen molar-refractivity contribution in [2.75, 3.05) is 0 Å². The van der Waals surface area contributed by atoms with E-state index < -0.39 is 144 Å². The Bertz CT molecular complexity index is 1490. The number of carbonyl (C=O) groups excluding carboxylic acids is 20. The van der Waals surface area contributed by atoms with E-state index in [4.69, 9.17) is 0 Å². The smallest absolute Gasteiger partial charge is 0.548 e. The van der Waals surface area contributed by atoms with Crippen molar-refractivity contribution in [3.05, 3.63) is 0 Å². The molecule has 0 radical (unpaired) electrons. The van der Waals surface area contributed by atoms with Gasteiger partial charge in [-0.2, -0.15) is 0 Å².